The number of rotatable bonds is 9. The van der Waals surface area contributed by atoms with Crippen molar-refractivity contribution in [2.75, 3.05) is 25.0 Å². The quantitative estimate of drug-likeness (QED) is 0.734. The van der Waals surface area contributed by atoms with Gasteiger partial charge in [-0.2, -0.15) is 0 Å². The second-order valence-electron chi connectivity index (χ2n) is 5.69. The van der Waals surface area contributed by atoms with Crippen molar-refractivity contribution in [2.24, 2.45) is 0 Å². The fourth-order valence-electron chi connectivity index (χ4n) is 2.35. The predicted octanol–water partition coefficient (Wildman–Crippen LogP) is 2.61. The summed E-state index contributed by atoms with van der Waals surface area (Å²) in [5.74, 6) is 0.0862. The summed E-state index contributed by atoms with van der Waals surface area (Å²) in [7, 11) is 0. The van der Waals surface area contributed by atoms with Gasteiger partial charge in [0.1, 0.15) is 0 Å². The van der Waals surface area contributed by atoms with Gasteiger partial charge in [-0.15, -0.1) is 0 Å². The number of amides is 1. The molecule has 1 aromatic carbocycles. The van der Waals surface area contributed by atoms with Crippen LogP contribution in [-0.2, 0) is 11.3 Å². The molecule has 1 saturated carbocycles. The summed E-state index contributed by atoms with van der Waals surface area (Å²) in [5, 5.41) is 6.35. The van der Waals surface area contributed by atoms with Crippen LogP contribution in [0, 0.1) is 0 Å². The molecule has 4 nitrogen and oxygen atoms in total. The second-order valence-corrected chi connectivity index (χ2v) is 5.69. The van der Waals surface area contributed by atoms with E-state index in [4.69, 9.17) is 0 Å². The van der Waals surface area contributed by atoms with Crippen molar-refractivity contribution in [1.82, 2.24) is 10.2 Å². The van der Waals surface area contributed by atoms with E-state index in [0.29, 0.717) is 12.5 Å². The van der Waals surface area contributed by atoms with Crippen LogP contribution in [0.15, 0.2) is 24.3 Å². The molecular formula is C17H27N3O. The van der Waals surface area contributed by atoms with Gasteiger partial charge in [0.15, 0.2) is 0 Å². The standard InChI is InChI=1S/C17H27N3O/c1-3-20(4-2)13-14-6-5-7-16(12-14)19-17(21)10-11-18-15-8-9-15/h5-7,12,15,18H,3-4,8-11,13H2,1-2H3,(H,19,21). The summed E-state index contributed by atoms with van der Waals surface area (Å²) < 4.78 is 0. The molecule has 0 atom stereocenters. The molecule has 1 fully saturated rings. The molecule has 1 amide bonds. The molecule has 0 saturated heterocycles. The highest BCUT2D eigenvalue weighted by Gasteiger charge is 2.20. The number of carbonyl (C=O) groups excluding carboxylic acids is 1. The smallest absolute Gasteiger partial charge is 0.225 e. The van der Waals surface area contributed by atoms with Crippen LogP contribution in [0.1, 0.15) is 38.7 Å². The van der Waals surface area contributed by atoms with Gasteiger partial charge in [-0.1, -0.05) is 26.0 Å². The van der Waals surface area contributed by atoms with E-state index in [9.17, 15) is 4.79 Å². The Morgan fingerprint density at radius 1 is 1.29 bits per heavy atom. The maximum absolute atomic E-state index is 11.9. The summed E-state index contributed by atoms with van der Waals surface area (Å²) >= 11 is 0. The van der Waals surface area contributed by atoms with E-state index in [1.54, 1.807) is 0 Å². The molecule has 0 radical (unpaired) electrons. The molecule has 0 aromatic heterocycles. The molecule has 2 rings (SSSR count). The van der Waals surface area contributed by atoms with Crippen LogP contribution >= 0.6 is 0 Å². The van der Waals surface area contributed by atoms with Gasteiger partial charge in [-0.25, -0.2) is 0 Å². The van der Waals surface area contributed by atoms with Crippen molar-refractivity contribution in [1.29, 1.82) is 0 Å². The van der Waals surface area contributed by atoms with E-state index < -0.39 is 0 Å². The number of anilines is 1. The van der Waals surface area contributed by atoms with Gasteiger partial charge in [-0.05, 0) is 43.6 Å². The van der Waals surface area contributed by atoms with Gasteiger partial charge in [0.05, 0.1) is 0 Å². The van der Waals surface area contributed by atoms with Crippen molar-refractivity contribution in [2.45, 2.75) is 45.7 Å². The Labute approximate surface area is 127 Å². The van der Waals surface area contributed by atoms with E-state index >= 15 is 0 Å². The average molecular weight is 289 g/mol. The zero-order valence-corrected chi connectivity index (χ0v) is 13.2. The lowest BCUT2D eigenvalue weighted by Gasteiger charge is -2.18. The van der Waals surface area contributed by atoms with Crippen LogP contribution in [0.3, 0.4) is 0 Å². The zero-order valence-electron chi connectivity index (χ0n) is 13.2. The van der Waals surface area contributed by atoms with Gasteiger partial charge in [-0.3, -0.25) is 9.69 Å². The molecule has 116 valence electrons. The van der Waals surface area contributed by atoms with E-state index in [0.717, 1.165) is 31.9 Å². The number of carbonyl (C=O) groups is 1. The summed E-state index contributed by atoms with van der Waals surface area (Å²) in [6, 6.07) is 8.82. The monoisotopic (exact) mass is 289 g/mol. The van der Waals surface area contributed by atoms with Crippen LogP contribution in [0.4, 0.5) is 5.69 Å². The highest BCUT2D eigenvalue weighted by atomic mass is 16.1. The molecule has 21 heavy (non-hydrogen) atoms. The number of hydrogen-bond acceptors (Lipinski definition) is 3. The van der Waals surface area contributed by atoms with Crippen molar-refractivity contribution < 1.29 is 4.79 Å². The first-order valence-corrected chi connectivity index (χ1v) is 8.05. The molecule has 1 aliphatic rings. The molecular weight excluding hydrogens is 262 g/mol. The van der Waals surface area contributed by atoms with Crippen LogP contribution < -0.4 is 10.6 Å². The predicted molar refractivity (Wildman–Crippen MR) is 87.3 cm³/mol. The molecule has 2 N–H and O–H groups in total. The average Bonchev–Trinajstić information content (AvgIpc) is 3.29. The Hall–Kier alpha value is -1.39. The summed E-state index contributed by atoms with van der Waals surface area (Å²) in [6.45, 7) is 8.12. The zero-order chi connectivity index (χ0) is 15.1. The largest absolute Gasteiger partial charge is 0.326 e. The van der Waals surface area contributed by atoms with Crippen molar-refractivity contribution in [3.63, 3.8) is 0 Å². The second kappa shape index (κ2) is 8.15. The lowest BCUT2D eigenvalue weighted by atomic mass is 10.2. The minimum Gasteiger partial charge on any atom is -0.326 e. The Bertz CT molecular complexity index is 453. The van der Waals surface area contributed by atoms with Crippen LogP contribution in [0.2, 0.25) is 0 Å². The summed E-state index contributed by atoms with van der Waals surface area (Å²) in [6.07, 6.45) is 3.06. The highest BCUT2D eigenvalue weighted by molar-refractivity contribution is 5.90. The molecule has 1 aromatic rings. The van der Waals surface area contributed by atoms with Gasteiger partial charge < -0.3 is 10.6 Å². The first-order chi connectivity index (χ1) is 10.2. The number of nitrogens with one attached hydrogen (secondary N) is 2. The number of nitrogens with zero attached hydrogens (tertiary/aromatic N) is 1. The Morgan fingerprint density at radius 2 is 2.05 bits per heavy atom. The van der Waals surface area contributed by atoms with Gasteiger partial charge in [0, 0.05) is 31.2 Å². The van der Waals surface area contributed by atoms with Crippen LogP contribution in [0.25, 0.3) is 0 Å². The van der Waals surface area contributed by atoms with E-state index in [-0.39, 0.29) is 5.91 Å². The SMILES string of the molecule is CCN(CC)Cc1cccc(NC(=O)CCNC2CC2)c1. The number of benzene rings is 1. The molecule has 1 aliphatic carbocycles. The Morgan fingerprint density at radius 3 is 2.71 bits per heavy atom. The molecule has 0 unspecified atom stereocenters. The van der Waals surface area contributed by atoms with Gasteiger partial charge >= 0.3 is 0 Å². The van der Waals surface area contributed by atoms with Crippen LogP contribution in [0.5, 0.6) is 0 Å². The Kier molecular flexibility index (Phi) is 6.21. The lowest BCUT2D eigenvalue weighted by molar-refractivity contribution is -0.116. The minimum absolute atomic E-state index is 0.0862. The van der Waals surface area contributed by atoms with Gasteiger partial charge in [0.2, 0.25) is 5.91 Å². The first kappa shape index (κ1) is 16.0. The van der Waals surface area contributed by atoms with E-state index in [1.165, 1.54) is 18.4 Å². The fourth-order valence-corrected chi connectivity index (χ4v) is 2.35. The number of hydrogen-bond donors (Lipinski definition) is 2. The van der Waals surface area contributed by atoms with Gasteiger partial charge in [0.25, 0.3) is 0 Å². The van der Waals surface area contributed by atoms with Crippen LogP contribution in [-0.4, -0.2) is 36.5 Å². The summed E-state index contributed by atoms with van der Waals surface area (Å²) in [5.41, 5.74) is 2.14. The molecule has 0 bridgehead atoms. The summed E-state index contributed by atoms with van der Waals surface area (Å²) in [4.78, 5) is 14.3. The maximum Gasteiger partial charge on any atom is 0.225 e. The maximum atomic E-state index is 11.9. The molecule has 4 heteroatoms. The molecule has 0 spiro atoms. The normalized spacial score (nSPS) is 14.4. The Balaban J connectivity index is 1.80. The van der Waals surface area contributed by atoms with E-state index in [2.05, 4.69) is 41.5 Å². The van der Waals surface area contributed by atoms with Crippen molar-refractivity contribution in [3.8, 4) is 0 Å². The third-order valence-corrected chi connectivity index (χ3v) is 3.87. The minimum atomic E-state index is 0.0862. The molecule has 0 heterocycles. The lowest BCUT2D eigenvalue weighted by Crippen LogP contribution is -2.23. The van der Waals surface area contributed by atoms with E-state index in [1.807, 2.05) is 12.1 Å². The molecule has 0 aliphatic heterocycles. The highest BCUT2D eigenvalue weighted by Crippen LogP contribution is 2.18. The first-order valence-electron chi connectivity index (χ1n) is 8.05. The fraction of sp³-hybridized carbons (Fsp3) is 0.588. The topological polar surface area (TPSA) is 44.4 Å². The third kappa shape index (κ3) is 5.86. The van der Waals surface area contributed by atoms with Crippen molar-refractivity contribution in [3.05, 3.63) is 29.8 Å². The third-order valence-electron chi connectivity index (χ3n) is 3.87. The van der Waals surface area contributed by atoms with Crippen molar-refractivity contribution >= 4 is 11.6 Å².